The fourth-order valence-corrected chi connectivity index (χ4v) is 2.15. The summed E-state index contributed by atoms with van der Waals surface area (Å²) in [5, 5.41) is 0.505. The minimum Gasteiger partial charge on any atom is -0.481 e. The van der Waals surface area contributed by atoms with Crippen LogP contribution in [0.3, 0.4) is 0 Å². The van der Waals surface area contributed by atoms with Crippen molar-refractivity contribution in [2.24, 2.45) is 5.73 Å². The second kappa shape index (κ2) is 6.82. The van der Waals surface area contributed by atoms with Gasteiger partial charge in [0.15, 0.2) is 5.43 Å². The molecule has 0 unspecified atom stereocenters. The van der Waals surface area contributed by atoms with Crippen LogP contribution in [0.4, 0.5) is 0 Å². The highest BCUT2D eigenvalue weighted by atomic mass is 16.5. The molecule has 3 aromatic rings. The third-order valence-electron chi connectivity index (χ3n) is 3.27. The number of benzene rings is 2. The molecule has 1 aromatic heterocycles. The van der Waals surface area contributed by atoms with Crippen molar-refractivity contribution in [1.29, 1.82) is 0 Å². The Hall–Kier alpha value is -3.03. The van der Waals surface area contributed by atoms with Crippen LogP contribution in [0.25, 0.3) is 11.0 Å². The quantitative estimate of drug-likeness (QED) is 0.756. The van der Waals surface area contributed by atoms with Gasteiger partial charge in [0.05, 0.1) is 11.9 Å². The largest absolute Gasteiger partial charge is 0.481 e. The van der Waals surface area contributed by atoms with E-state index in [-0.39, 0.29) is 18.6 Å². The monoisotopic (exact) mass is 305 g/mol. The zero-order valence-electron chi connectivity index (χ0n) is 12.4. The maximum absolute atomic E-state index is 11.9. The van der Waals surface area contributed by atoms with Gasteiger partial charge in [-0.15, -0.1) is 0 Å². The van der Waals surface area contributed by atoms with Crippen molar-refractivity contribution >= 4 is 11.0 Å². The zero-order chi connectivity index (χ0) is 16.1. The molecule has 0 fully saturated rings. The lowest BCUT2D eigenvalue weighted by Crippen LogP contribution is -2.05. The molecule has 0 spiro atoms. The Morgan fingerprint density at radius 2 is 1.91 bits per heavy atom. The minimum atomic E-state index is -0.109. The Bertz CT molecular complexity index is 933. The normalized spacial score (nSPS) is 10.1. The molecule has 0 bridgehead atoms. The van der Waals surface area contributed by atoms with Crippen molar-refractivity contribution < 1.29 is 9.15 Å². The highest BCUT2D eigenvalue weighted by Crippen LogP contribution is 2.19. The van der Waals surface area contributed by atoms with Crippen molar-refractivity contribution in [2.75, 3.05) is 6.61 Å². The molecular weight excluding hydrogens is 290 g/mol. The number of fused-ring (bicyclic) bond motifs is 1. The summed E-state index contributed by atoms with van der Waals surface area (Å²) in [7, 11) is 0. The first-order valence-electron chi connectivity index (χ1n) is 7.20. The number of nitrogens with two attached hydrogens (primary N) is 1. The first kappa shape index (κ1) is 14.9. The van der Waals surface area contributed by atoms with Gasteiger partial charge in [0.25, 0.3) is 0 Å². The van der Waals surface area contributed by atoms with Crippen LogP contribution in [-0.4, -0.2) is 6.61 Å². The average Bonchev–Trinajstić information content (AvgIpc) is 2.59. The first-order valence-corrected chi connectivity index (χ1v) is 7.20. The molecule has 0 aliphatic heterocycles. The topological polar surface area (TPSA) is 65.5 Å². The standard InChI is InChI=1S/C19H15NO3/c20-13-16-11-18(21)17-9-8-15(12-19(17)23-16)22-10-4-7-14-5-2-1-3-6-14/h1-3,5-6,8-9,11-12H,10,13,20H2. The lowest BCUT2D eigenvalue weighted by atomic mass is 10.2. The second-order valence-electron chi connectivity index (χ2n) is 4.90. The van der Waals surface area contributed by atoms with E-state index in [1.165, 1.54) is 6.07 Å². The molecule has 4 heteroatoms. The number of hydrogen-bond donors (Lipinski definition) is 1. The fraction of sp³-hybridized carbons (Fsp3) is 0.105. The van der Waals surface area contributed by atoms with Crippen LogP contribution in [0.1, 0.15) is 11.3 Å². The Morgan fingerprint density at radius 1 is 1.09 bits per heavy atom. The summed E-state index contributed by atoms with van der Waals surface area (Å²) in [5.41, 5.74) is 6.81. The van der Waals surface area contributed by atoms with Gasteiger partial charge in [-0.2, -0.15) is 0 Å². The molecule has 114 valence electrons. The lowest BCUT2D eigenvalue weighted by Gasteiger charge is -2.04. The summed E-state index contributed by atoms with van der Waals surface area (Å²) in [5.74, 6) is 7.00. The molecule has 2 N–H and O–H groups in total. The van der Waals surface area contributed by atoms with E-state index in [9.17, 15) is 4.79 Å². The van der Waals surface area contributed by atoms with Crippen molar-refractivity contribution in [3.63, 3.8) is 0 Å². The molecule has 0 atom stereocenters. The van der Waals surface area contributed by atoms with Gasteiger partial charge in [-0.1, -0.05) is 30.0 Å². The number of hydrogen-bond acceptors (Lipinski definition) is 4. The fourth-order valence-electron chi connectivity index (χ4n) is 2.15. The average molecular weight is 305 g/mol. The van der Waals surface area contributed by atoms with Crippen LogP contribution >= 0.6 is 0 Å². The molecule has 0 amide bonds. The summed E-state index contributed by atoms with van der Waals surface area (Å²) in [6.07, 6.45) is 0. The smallest absolute Gasteiger partial charge is 0.193 e. The molecule has 1 heterocycles. The van der Waals surface area contributed by atoms with Crippen molar-refractivity contribution in [3.05, 3.63) is 76.1 Å². The maximum Gasteiger partial charge on any atom is 0.193 e. The predicted molar refractivity (Wildman–Crippen MR) is 89.2 cm³/mol. The van der Waals surface area contributed by atoms with E-state index in [0.29, 0.717) is 22.5 Å². The molecule has 4 nitrogen and oxygen atoms in total. The Morgan fingerprint density at radius 3 is 2.70 bits per heavy atom. The maximum atomic E-state index is 11.9. The van der Waals surface area contributed by atoms with Gasteiger partial charge in [0.2, 0.25) is 0 Å². The minimum absolute atomic E-state index is 0.109. The highest BCUT2D eigenvalue weighted by molar-refractivity contribution is 5.77. The van der Waals surface area contributed by atoms with Crippen LogP contribution in [0.15, 0.2) is 63.8 Å². The Labute approximate surface area is 133 Å². The predicted octanol–water partition coefficient (Wildman–Crippen LogP) is 2.68. The van der Waals surface area contributed by atoms with Crippen LogP contribution in [0.2, 0.25) is 0 Å². The first-order chi connectivity index (χ1) is 11.3. The second-order valence-corrected chi connectivity index (χ2v) is 4.90. The van der Waals surface area contributed by atoms with Gasteiger partial charge in [0, 0.05) is 17.7 Å². The van der Waals surface area contributed by atoms with E-state index in [1.54, 1.807) is 18.2 Å². The van der Waals surface area contributed by atoms with Gasteiger partial charge in [-0.05, 0) is 24.3 Å². The molecule has 0 saturated carbocycles. The lowest BCUT2D eigenvalue weighted by molar-refractivity contribution is 0.370. The third kappa shape index (κ3) is 3.60. The van der Waals surface area contributed by atoms with Gasteiger partial charge >= 0.3 is 0 Å². The van der Waals surface area contributed by atoms with E-state index in [2.05, 4.69) is 11.8 Å². The van der Waals surface area contributed by atoms with E-state index in [0.717, 1.165) is 5.56 Å². The molecule has 0 aliphatic carbocycles. The molecule has 0 aliphatic rings. The molecule has 23 heavy (non-hydrogen) atoms. The molecule has 3 rings (SSSR count). The summed E-state index contributed by atoms with van der Waals surface area (Å²) in [6, 6.07) is 16.2. The molecule has 0 radical (unpaired) electrons. The van der Waals surface area contributed by atoms with Crippen molar-refractivity contribution in [3.8, 4) is 17.6 Å². The summed E-state index contributed by atoms with van der Waals surface area (Å²) >= 11 is 0. The molecule has 2 aromatic carbocycles. The van der Waals surface area contributed by atoms with Gasteiger partial charge < -0.3 is 14.9 Å². The van der Waals surface area contributed by atoms with Crippen molar-refractivity contribution in [2.45, 2.75) is 6.54 Å². The third-order valence-corrected chi connectivity index (χ3v) is 3.27. The van der Waals surface area contributed by atoms with Crippen LogP contribution < -0.4 is 15.9 Å². The number of ether oxygens (including phenoxy) is 1. The van der Waals surface area contributed by atoms with Crippen LogP contribution in [0, 0.1) is 11.8 Å². The van der Waals surface area contributed by atoms with Crippen LogP contribution in [0.5, 0.6) is 5.75 Å². The van der Waals surface area contributed by atoms with E-state index < -0.39 is 0 Å². The Balaban J connectivity index is 1.76. The van der Waals surface area contributed by atoms with Gasteiger partial charge in [-0.3, -0.25) is 4.79 Å². The van der Waals surface area contributed by atoms with E-state index >= 15 is 0 Å². The summed E-state index contributed by atoms with van der Waals surface area (Å²) in [4.78, 5) is 11.9. The highest BCUT2D eigenvalue weighted by Gasteiger charge is 2.05. The SMILES string of the molecule is NCc1cc(=O)c2ccc(OCC#Cc3ccccc3)cc2o1. The summed E-state index contributed by atoms with van der Waals surface area (Å²) in [6.45, 7) is 0.431. The Kier molecular flexibility index (Phi) is 4.41. The molecule has 0 saturated heterocycles. The van der Waals surface area contributed by atoms with E-state index in [4.69, 9.17) is 14.9 Å². The number of rotatable bonds is 3. The van der Waals surface area contributed by atoms with Crippen molar-refractivity contribution in [1.82, 2.24) is 0 Å². The zero-order valence-corrected chi connectivity index (χ0v) is 12.4. The van der Waals surface area contributed by atoms with E-state index in [1.807, 2.05) is 30.3 Å². The van der Waals surface area contributed by atoms with Gasteiger partial charge in [-0.25, -0.2) is 0 Å². The summed E-state index contributed by atoms with van der Waals surface area (Å²) < 4.78 is 11.1. The van der Waals surface area contributed by atoms with Gasteiger partial charge in [0.1, 0.15) is 23.7 Å². The molecular formula is C19H15NO3. The van der Waals surface area contributed by atoms with Crippen LogP contribution in [-0.2, 0) is 6.54 Å².